The number of amides is 2. The number of ether oxygens (including phenoxy) is 1. The topological polar surface area (TPSA) is 129 Å². The number of nitrogens with zero attached hydrogens (tertiary/aromatic N) is 2. The molecule has 45 heavy (non-hydrogen) atoms. The Balaban J connectivity index is 1.09. The van der Waals surface area contributed by atoms with Crippen molar-refractivity contribution in [1.82, 2.24) is 15.0 Å². The van der Waals surface area contributed by atoms with E-state index in [1.165, 1.54) is 13.0 Å². The van der Waals surface area contributed by atoms with Crippen LogP contribution in [0.5, 0.6) is 0 Å². The molecule has 3 aliphatic rings. The van der Waals surface area contributed by atoms with Crippen molar-refractivity contribution in [2.24, 2.45) is 17.3 Å². The number of carbonyl (C=O) groups excluding carboxylic acids is 2. The van der Waals surface area contributed by atoms with E-state index in [1.807, 2.05) is 0 Å². The minimum Gasteiger partial charge on any atom is -0.364 e. The Kier molecular flexibility index (Phi) is 7.20. The highest BCUT2D eigenvalue weighted by atomic mass is 19.1. The van der Waals surface area contributed by atoms with Gasteiger partial charge in [-0.25, -0.2) is 18.7 Å². The summed E-state index contributed by atoms with van der Waals surface area (Å²) in [4.78, 5) is 38.3. The van der Waals surface area contributed by atoms with E-state index in [0.29, 0.717) is 71.9 Å². The van der Waals surface area contributed by atoms with E-state index in [9.17, 15) is 19.1 Å². The second kappa shape index (κ2) is 11.0. The summed E-state index contributed by atoms with van der Waals surface area (Å²) in [7, 11) is 0. The Morgan fingerprint density at radius 3 is 2.73 bits per heavy atom. The van der Waals surface area contributed by atoms with Crippen molar-refractivity contribution >= 4 is 34.4 Å². The number of H-pyrrole nitrogens is 1. The minimum atomic E-state index is -1.90. The number of aliphatic hydroxyl groups is 1. The Hall–Kier alpha value is -4.22. The molecular formula is C34H35F2N5O4. The molecule has 4 aromatic rings. The van der Waals surface area contributed by atoms with Gasteiger partial charge in [-0.2, -0.15) is 0 Å². The number of rotatable bonds is 8. The molecule has 4 N–H and O–H groups in total. The third-order valence-corrected chi connectivity index (χ3v) is 9.78. The summed E-state index contributed by atoms with van der Waals surface area (Å²) in [5, 5.41) is 16.1. The van der Waals surface area contributed by atoms with Crippen LogP contribution >= 0.6 is 0 Å². The number of aromatic amines is 1. The van der Waals surface area contributed by atoms with Crippen LogP contribution in [0.3, 0.4) is 0 Å². The molecule has 9 nitrogen and oxygen atoms in total. The summed E-state index contributed by atoms with van der Waals surface area (Å²) in [5.74, 6) is -1.64. The number of fused-ring (bicyclic) bond motifs is 3. The zero-order chi connectivity index (χ0) is 31.4. The van der Waals surface area contributed by atoms with Crippen molar-refractivity contribution in [1.29, 1.82) is 0 Å². The van der Waals surface area contributed by atoms with E-state index in [2.05, 4.69) is 25.6 Å². The smallest absolute Gasteiger partial charge is 0.256 e. The summed E-state index contributed by atoms with van der Waals surface area (Å²) < 4.78 is 35.1. The predicted molar refractivity (Wildman–Crippen MR) is 164 cm³/mol. The minimum absolute atomic E-state index is 0.199. The number of halogens is 2. The maximum absolute atomic E-state index is 15.5. The monoisotopic (exact) mass is 615 g/mol. The highest BCUT2D eigenvalue weighted by Crippen LogP contribution is 2.62. The van der Waals surface area contributed by atoms with Crippen molar-refractivity contribution in [2.75, 3.05) is 17.3 Å². The second-order valence-electron chi connectivity index (χ2n) is 13.2. The number of hydrogen-bond donors (Lipinski definition) is 4. The maximum Gasteiger partial charge on any atom is 0.256 e. The first-order chi connectivity index (χ1) is 21.6. The van der Waals surface area contributed by atoms with Gasteiger partial charge in [-0.3, -0.25) is 9.59 Å². The average Bonchev–Trinajstić information content (AvgIpc) is 3.49. The molecule has 11 heteroatoms. The van der Waals surface area contributed by atoms with Crippen LogP contribution in [0.4, 0.5) is 20.3 Å². The lowest BCUT2D eigenvalue weighted by Crippen LogP contribution is -2.51. The Morgan fingerprint density at radius 2 is 1.96 bits per heavy atom. The Bertz CT molecular complexity index is 1780. The number of pyridine rings is 1. The van der Waals surface area contributed by atoms with E-state index in [4.69, 9.17) is 4.74 Å². The molecule has 2 aromatic heterocycles. The second-order valence-corrected chi connectivity index (χ2v) is 13.2. The van der Waals surface area contributed by atoms with Gasteiger partial charge in [-0.1, -0.05) is 18.9 Å². The first kappa shape index (κ1) is 29.5. The van der Waals surface area contributed by atoms with Crippen LogP contribution in [0.25, 0.3) is 22.4 Å². The first-order valence-electron chi connectivity index (χ1n) is 15.4. The number of anilines is 2. The number of imidazole rings is 1. The number of benzene rings is 2. The summed E-state index contributed by atoms with van der Waals surface area (Å²) in [6.45, 7) is 0.306. The highest BCUT2D eigenvalue weighted by molar-refractivity contribution is 6.05. The van der Waals surface area contributed by atoms with Crippen LogP contribution in [0.2, 0.25) is 0 Å². The zero-order valence-corrected chi connectivity index (χ0v) is 24.9. The normalized spacial score (nSPS) is 26.8. The summed E-state index contributed by atoms with van der Waals surface area (Å²) >= 11 is 0. The van der Waals surface area contributed by atoms with Crippen LogP contribution in [0, 0.1) is 23.1 Å². The maximum atomic E-state index is 15.5. The van der Waals surface area contributed by atoms with E-state index in [1.54, 1.807) is 54.7 Å². The summed E-state index contributed by atoms with van der Waals surface area (Å²) in [5.41, 5.74) is 0.571. The molecular weight excluding hydrogens is 580 g/mol. The first-order valence-corrected chi connectivity index (χ1v) is 15.4. The molecule has 3 saturated carbocycles. The fourth-order valence-electron chi connectivity index (χ4n) is 8.03. The molecule has 2 heterocycles. The average molecular weight is 616 g/mol. The van der Waals surface area contributed by atoms with Gasteiger partial charge in [0, 0.05) is 17.4 Å². The largest absolute Gasteiger partial charge is 0.364 e. The fourth-order valence-corrected chi connectivity index (χ4v) is 8.03. The number of alkyl halides is 1. The summed E-state index contributed by atoms with van der Waals surface area (Å²) in [6, 6.07) is 14.7. The molecule has 5 atom stereocenters. The lowest BCUT2D eigenvalue weighted by Gasteiger charge is -2.47. The Morgan fingerprint density at radius 1 is 1.11 bits per heavy atom. The fraction of sp³-hybridized carbons (Fsp3) is 0.412. The van der Waals surface area contributed by atoms with Gasteiger partial charge in [-0.15, -0.1) is 0 Å². The van der Waals surface area contributed by atoms with Crippen LogP contribution in [-0.2, 0) is 9.53 Å². The van der Waals surface area contributed by atoms with Crippen LogP contribution < -0.4 is 10.6 Å². The van der Waals surface area contributed by atoms with Crippen LogP contribution in [-0.4, -0.2) is 49.9 Å². The van der Waals surface area contributed by atoms with Crippen molar-refractivity contribution in [3.63, 3.8) is 0 Å². The van der Waals surface area contributed by atoms with Crippen molar-refractivity contribution in [2.45, 2.75) is 63.3 Å². The van der Waals surface area contributed by atoms with Gasteiger partial charge in [-0.05, 0) is 99.4 Å². The lowest BCUT2D eigenvalue weighted by atomic mass is 9.65. The molecule has 0 radical (unpaired) electrons. The van der Waals surface area contributed by atoms with Gasteiger partial charge in [0.05, 0.1) is 27.6 Å². The van der Waals surface area contributed by atoms with E-state index in [-0.39, 0.29) is 23.3 Å². The molecule has 3 bridgehead atoms. The third kappa shape index (κ3) is 5.59. The molecule has 234 valence electrons. The highest BCUT2D eigenvalue weighted by Gasteiger charge is 2.61. The molecule has 0 aliphatic heterocycles. The molecule has 5 unspecified atom stereocenters. The number of carbonyl (C=O) groups is 2. The zero-order valence-electron chi connectivity index (χ0n) is 24.9. The lowest BCUT2D eigenvalue weighted by molar-refractivity contribution is -0.273. The van der Waals surface area contributed by atoms with Crippen molar-refractivity contribution < 1.29 is 28.2 Å². The molecule has 0 spiro atoms. The third-order valence-electron chi connectivity index (χ3n) is 9.78. The van der Waals surface area contributed by atoms with Crippen LogP contribution in [0.1, 0.15) is 62.2 Å². The van der Waals surface area contributed by atoms with Crippen LogP contribution in [0.15, 0.2) is 60.8 Å². The SMILES string of the molecule is CC(O)(CF)OC12CC3CCCC(C(=O)Nc4ccc(-c5nc6ccc(C(=O)Nc7ccccn7)cc6[nH]5)c(F)c4)(CC3C1)C2. The van der Waals surface area contributed by atoms with E-state index >= 15 is 4.39 Å². The quantitative estimate of drug-likeness (QED) is 0.170. The predicted octanol–water partition coefficient (Wildman–Crippen LogP) is 6.38. The molecule has 2 aromatic carbocycles. The molecule has 0 saturated heterocycles. The van der Waals surface area contributed by atoms with Gasteiger partial charge >= 0.3 is 0 Å². The molecule has 2 amide bonds. The number of hydrogen-bond acceptors (Lipinski definition) is 6. The van der Waals surface area contributed by atoms with Gasteiger partial charge in [0.25, 0.3) is 5.91 Å². The van der Waals surface area contributed by atoms with Crippen molar-refractivity contribution in [3.8, 4) is 11.4 Å². The van der Waals surface area contributed by atoms with Gasteiger partial charge < -0.3 is 25.5 Å². The van der Waals surface area contributed by atoms with E-state index in [0.717, 1.165) is 12.8 Å². The van der Waals surface area contributed by atoms with Gasteiger partial charge in [0.15, 0.2) is 5.79 Å². The molecule has 3 aliphatic carbocycles. The van der Waals surface area contributed by atoms with E-state index < -0.39 is 29.3 Å². The molecule has 3 fully saturated rings. The van der Waals surface area contributed by atoms with Gasteiger partial charge in [0.2, 0.25) is 5.91 Å². The van der Waals surface area contributed by atoms with Crippen molar-refractivity contribution in [3.05, 3.63) is 72.2 Å². The molecule has 7 rings (SSSR count). The number of aromatic nitrogens is 3. The Labute approximate surface area is 258 Å². The van der Waals surface area contributed by atoms with Gasteiger partial charge in [0.1, 0.15) is 24.1 Å². The summed E-state index contributed by atoms with van der Waals surface area (Å²) in [6.07, 6.45) is 6.64. The standard InChI is InChI=1S/C34H35F2N5O4/c1-32(44,19-35)45-34-16-21-5-4-11-33(18-34,15-22(21)17-34)31(43)38-23-8-9-24(25(36)14-23)29-39-26-10-7-20(13-27(26)40-29)30(42)41-28-6-2-3-12-37-28/h2-3,6-10,12-14,21-22,44H,4-5,11,15-19H2,1H3,(H,38,43)(H,39,40)(H,37,41,42). The number of nitrogens with one attached hydrogen (secondary N) is 3.